The molecule has 2 N–H and O–H groups in total. The van der Waals surface area contributed by atoms with Gasteiger partial charge in [-0.3, -0.25) is 4.79 Å². The molecule has 2 atom stereocenters. The van der Waals surface area contributed by atoms with Crippen molar-refractivity contribution in [1.29, 1.82) is 0 Å². The van der Waals surface area contributed by atoms with Crippen LogP contribution in [0, 0.1) is 0 Å². The third kappa shape index (κ3) is 4.25. The van der Waals surface area contributed by atoms with Crippen molar-refractivity contribution in [3.8, 4) is 0 Å². The second kappa shape index (κ2) is 7.67. The lowest BCUT2D eigenvalue weighted by atomic mass is 10.0. The summed E-state index contributed by atoms with van der Waals surface area (Å²) in [4.78, 5) is 15.5. The third-order valence-electron chi connectivity index (χ3n) is 3.35. The van der Waals surface area contributed by atoms with E-state index in [0.29, 0.717) is 18.1 Å². The molecule has 0 fully saturated rings. The standard InChI is InChI=1S/C18H19NO4/c1-3-4-5-6-15-11-23-18(19-15)14-9-7-13(8-10-14)17(22)16(21)12(2)20/h3-10,16-17,21-22H,1,11H2,2H3/b5-4-,15-6+/t16-,17-/m1/s1. The number of aliphatic hydroxyl groups excluding tert-OH is 2. The van der Waals surface area contributed by atoms with Crippen molar-refractivity contribution in [1.82, 2.24) is 0 Å². The van der Waals surface area contributed by atoms with Crippen molar-refractivity contribution >= 4 is 11.7 Å². The Morgan fingerprint density at radius 1 is 1.30 bits per heavy atom. The van der Waals surface area contributed by atoms with E-state index in [4.69, 9.17) is 4.74 Å². The van der Waals surface area contributed by atoms with Crippen LogP contribution in [0.4, 0.5) is 0 Å². The number of Topliss-reactive ketones (excluding diaryl/α,β-unsaturated/α-hetero) is 1. The minimum Gasteiger partial charge on any atom is -0.471 e. The zero-order valence-electron chi connectivity index (χ0n) is 12.8. The number of carbonyl (C=O) groups is 1. The molecule has 0 aromatic heterocycles. The summed E-state index contributed by atoms with van der Waals surface area (Å²) in [5, 5.41) is 19.5. The Morgan fingerprint density at radius 2 is 2.00 bits per heavy atom. The van der Waals surface area contributed by atoms with Crippen LogP contribution in [0.1, 0.15) is 24.2 Å². The van der Waals surface area contributed by atoms with E-state index in [2.05, 4.69) is 11.6 Å². The van der Waals surface area contributed by atoms with E-state index in [1.807, 2.05) is 12.2 Å². The maximum atomic E-state index is 11.1. The Balaban J connectivity index is 2.13. The molecule has 2 rings (SSSR count). The van der Waals surface area contributed by atoms with Gasteiger partial charge in [-0.15, -0.1) is 0 Å². The molecule has 0 aliphatic carbocycles. The minimum atomic E-state index is -1.42. The number of rotatable bonds is 6. The zero-order valence-corrected chi connectivity index (χ0v) is 12.8. The summed E-state index contributed by atoms with van der Waals surface area (Å²) in [6, 6.07) is 6.73. The van der Waals surface area contributed by atoms with Crippen molar-refractivity contribution < 1.29 is 19.7 Å². The summed E-state index contributed by atoms with van der Waals surface area (Å²) in [7, 11) is 0. The summed E-state index contributed by atoms with van der Waals surface area (Å²) >= 11 is 0. The summed E-state index contributed by atoms with van der Waals surface area (Å²) in [5.41, 5.74) is 2.02. The van der Waals surface area contributed by atoms with Gasteiger partial charge in [-0.2, -0.15) is 0 Å². The van der Waals surface area contributed by atoms with Crippen LogP contribution in [-0.4, -0.2) is 34.6 Å². The zero-order chi connectivity index (χ0) is 16.8. The Morgan fingerprint density at radius 3 is 2.61 bits per heavy atom. The quantitative estimate of drug-likeness (QED) is 0.788. The monoisotopic (exact) mass is 313 g/mol. The first-order valence-corrected chi connectivity index (χ1v) is 7.19. The minimum absolute atomic E-state index is 0.393. The largest absolute Gasteiger partial charge is 0.471 e. The average molecular weight is 313 g/mol. The van der Waals surface area contributed by atoms with Crippen molar-refractivity contribution in [2.24, 2.45) is 4.99 Å². The normalized spacial score (nSPS) is 18.6. The highest BCUT2D eigenvalue weighted by atomic mass is 16.5. The molecule has 0 bridgehead atoms. The van der Waals surface area contributed by atoms with Gasteiger partial charge in [0.2, 0.25) is 5.90 Å². The van der Waals surface area contributed by atoms with E-state index in [0.717, 1.165) is 11.3 Å². The number of ketones is 1. The molecule has 0 saturated carbocycles. The molecule has 1 aliphatic heterocycles. The van der Waals surface area contributed by atoms with Crippen LogP contribution >= 0.6 is 0 Å². The van der Waals surface area contributed by atoms with Gasteiger partial charge in [0.1, 0.15) is 18.8 Å². The van der Waals surface area contributed by atoms with E-state index in [-0.39, 0.29) is 0 Å². The number of ether oxygens (including phenoxy) is 1. The molecular weight excluding hydrogens is 294 g/mol. The molecular formula is C18H19NO4. The molecule has 0 spiro atoms. The van der Waals surface area contributed by atoms with Gasteiger partial charge in [-0.05, 0) is 30.7 Å². The van der Waals surface area contributed by atoms with Gasteiger partial charge in [0.05, 0.1) is 5.70 Å². The van der Waals surface area contributed by atoms with Crippen molar-refractivity contribution in [2.75, 3.05) is 6.61 Å². The number of carbonyl (C=O) groups excluding carboxylic acids is 1. The molecule has 0 unspecified atom stereocenters. The van der Waals surface area contributed by atoms with Crippen LogP contribution in [0.3, 0.4) is 0 Å². The van der Waals surface area contributed by atoms with Crippen molar-refractivity contribution in [3.63, 3.8) is 0 Å². The summed E-state index contributed by atoms with van der Waals surface area (Å²) in [5.74, 6) is 0.0174. The fourth-order valence-corrected chi connectivity index (χ4v) is 2.04. The number of aliphatic hydroxyl groups is 2. The molecule has 0 saturated heterocycles. The predicted molar refractivity (Wildman–Crippen MR) is 88.0 cm³/mol. The molecule has 1 aromatic rings. The lowest BCUT2D eigenvalue weighted by molar-refractivity contribution is -0.130. The number of aliphatic imine (C=N–C) groups is 1. The second-order valence-electron chi connectivity index (χ2n) is 5.11. The van der Waals surface area contributed by atoms with Gasteiger partial charge in [0.15, 0.2) is 5.78 Å². The highest BCUT2D eigenvalue weighted by Crippen LogP contribution is 2.20. The Hall–Kier alpha value is -2.50. The van der Waals surface area contributed by atoms with Crippen LogP contribution < -0.4 is 0 Å². The molecule has 1 heterocycles. The first kappa shape index (κ1) is 16.9. The fraction of sp³-hybridized carbons (Fsp3) is 0.222. The maximum Gasteiger partial charge on any atom is 0.221 e. The molecule has 5 heteroatoms. The number of allylic oxidation sites excluding steroid dienone is 4. The molecule has 1 aromatic carbocycles. The lowest BCUT2D eigenvalue weighted by Gasteiger charge is -2.15. The number of hydrogen-bond acceptors (Lipinski definition) is 5. The Labute approximate surface area is 134 Å². The van der Waals surface area contributed by atoms with Gasteiger partial charge in [-0.25, -0.2) is 4.99 Å². The van der Waals surface area contributed by atoms with Gasteiger partial charge >= 0.3 is 0 Å². The summed E-state index contributed by atoms with van der Waals surface area (Å²) < 4.78 is 5.52. The van der Waals surface area contributed by atoms with Crippen molar-refractivity contribution in [2.45, 2.75) is 19.1 Å². The summed E-state index contributed by atoms with van der Waals surface area (Å²) in [6.45, 7) is 5.22. The number of nitrogens with zero attached hydrogens (tertiary/aromatic N) is 1. The smallest absolute Gasteiger partial charge is 0.221 e. The van der Waals surface area contributed by atoms with Crippen LogP contribution in [0.2, 0.25) is 0 Å². The lowest BCUT2D eigenvalue weighted by Crippen LogP contribution is -2.25. The molecule has 5 nitrogen and oxygen atoms in total. The van der Waals surface area contributed by atoms with Crippen LogP contribution in [-0.2, 0) is 9.53 Å². The average Bonchev–Trinajstić information content (AvgIpc) is 3.02. The molecule has 0 amide bonds. The molecule has 0 radical (unpaired) electrons. The van der Waals surface area contributed by atoms with E-state index >= 15 is 0 Å². The second-order valence-corrected chi connectivity index (χ2v) is 5.11. The van der Waals surface area contributed by atoms with Crippen LogP contribution in [0.25, 0.3) is 0 Å². The van der Waals surface area contributed by atoms with E-state index in [1.165, 1.54) is 6.92 Å². The predicted octanol–water partition coefficient (Wildman–Crippen LogP) is 2.07. The highest BCUT2D eigenvalue weighted by Gasteiger charge is 2.22. The fourth-order valence-electron chi connectivity index (χ4n) is 2.04. The van der Waals surface area contributed by atoms with Gasteiger partial charge < -0.3 is 14.9 Å². The third-order valence-corrected chi connectivity index (χ3v) is 3.35. The molecule has 23 heavy (non-hydrogen) atoms. The van der Waals surface area contributed by atoms with Gasteiger partial charge in [0.25, 0.3) is 0 Å². The van der Waals surface area contributed by atoms with Crippen LogP contribution in [0.5, 0.6) is 0 Å². The molecule has 1 aliphatic rings. The summed E-state index contributed by atoms with van der Waals surface area (Å²) in [6.07, 6.45) is 4.49. The molecule has 120 valence electrons. The van der Waals surface area contributed by atoms with E-state index in [1.54, 1.807) is 36.4 Å². The Kier molecular flexibility index (Phi) is 5.62. The number of benzene rings is 1. The van der Waals surface area contributed by atoms with Gasteiger partial charge in [-0.1, -0.05) is 36.9 Å². The topological polar surface area (TPSA) is 79.1 Å². The van der Waals surface area contributed by atoms with Gasteiger partial charge in [0, 0.05) is 5.56 Å². The van der Waals surface area contributed by atoms with Crippen LogP contribution in [0.15, 0.2) is 65.8 Å². The first-order chi connectivity index (χ1) is 11.0. The SMILES string of the molecule is C=C/C=C\C=C1/COC(c2ccc([C@@H](O)[C@H](O)C(C)=O)cc2)=N1. The highest BCUT2D eigenvalue weighted by molar-refractivity contribution is 5.96. The maximum absolute atomic E-state index is 11.1. The Bertz CT molecular complexity index is 671. The first-order valence-electron chi connectivity index (χ1n) is 7.19. The van der Waals surface area contributed by atoms with E-state index in [9.17, 15) is 15.0 Å². The number of hydrogen-bond donors (Lipinski definition) is 2. The van der Waals surface area contributed by atoms with E-state index < -0.39 is 18.0 Å². The van der Waals surface area contributed by atoms with Crippen molar-refractivity contribution in [3.05, 3.63) is 72.0 Å².